The van der Waals surface area contributed by atoms with Crippen molar-refractivity contribution < 1.29 is 32.5 Å². The van der Waals surface area contributed by atoms with E-state index in [1.165, 1.54) is 0 Å². The molecule has 0 amide bonds. The zero-order chi connectivity index (χ0) is 13.1. The summed E-state index contributed by atoms with van der Waals surface area (Å²) in [6.45, 7) is 1.62. The fraction of sp³-hybridized carbons (Fsp3) is 0.300. The summed E-state index contributed by atoms with van der Waals surface area (Å²) in [7, 11) is 0. The monoisotopic (exact) mass is 249 g/mol. The highest BCUT2D eigenvalue weighted by molar-refractivity contribution is 5.86. The van der Waals surface area contributed by atoms with E-state index in [2.05, 4.69) is 4.74 Å². The van der Waals surface area contributed by atoms with Crippen LogP contribution in [0.4, 0.5) is 13.2 Å². The second kappa shape index (κ2) is 4.94. The molecule has 7 heteroatoms. The summed E-state index contributed by atoms with van der Waals surface area (Å²) in [6.07, 6.45) is -4.87. The maximum atomic E-state index is 12.0. The third-order valence-electron chi connectivity index (χ3n) is 1.70. The Morgan fingerprint density at radius 2 is 2.00 bits per heavy atom. The number of ether oxygens (including phenoxy) is 2. The minimum absolute atomic E-state index is 0.0741. The minimum atomic E-state index is -4.87. The van der Waals surface area contributed by atoms with Gasteiger partial charge in [0.1, 0.15) is 0 Å². The normalized spacial score (nSPS) is 11.1. The SMILES string of the molecule is CCOc1cc(C(=O)[O-])ccc1OC(F)(F)F. The lowest BCUT2D eigenvalue weighted by Crippen LogP contribution is -2.22. The van der Waals surface area contributed by atoms with Crippen molar-refractivity contribution in [2.45, 2.75) is 13.3 Å². The molecule has 0 unspecified atom stereocenters. The molecule has 0 aliphatic carbocycles. The van der Waals surface area contributed by atoms with Crippen LogP contribution in [-0.4, -0.2) is 18.9 Å². The molecule has 0 spiro atoms. The van der Waals surface area contributed by atoms with Gasteiger partial charge in [0.15, 0.2) is 11.5 Å². The van der Waals surface area contributed by atoms with Crippen molar-refractivity contribution >= 4 is 5.97 Å². The number of hydrogen-bond donors (Lipinski definition) is 0. The fourth-order valence-electron chi connectivity index (χ4n) is 1.11. The molecule has 0 N–H and O–H groups in total. The highest BCUT2D eigenvalue weighted by Gasteiger charge is 2.32. The Labute approximate surface area is 94.6 Å². The molecule has 17 heavy (non-hydrogen) atoms. The molecular formula is C10H8F3O4-. The first-order chi connectivity index (χ1) is 7.83. The second-order valence-corrected chi connectivity index (χ2v) is 2.93. The number of carbonyl (C=O) groups excluding carboxylic acids is 1. The van der Waals surface area contributed by atoms with Crippen molar-refractivity contribution in [2.75, 3.05) is 6.61 Å². The number of rotatable bonds is 4. The molecule has 0 aliphatic rings. The molecule has 4 nitrogen and oxygen atoms in total. The number of alkyl halides is 3. The molecule has 0 aliphatic heterocycles. The largest absolute Gasteiger partial charge is 0.573 e. The average molecular weight is 249 g/mol. The Kier molecular flexibility index (Phi) is 3.82. The van der Waals surface area contributed by atoms with E-state index in [0.717, 1.165) is 18.2 Å². The maximum absolute atomic E-state index is 12.0. The Hall–Kier alpha value is -1.92. The summed E-state index contributed by atoms with van der Waals surface area (Å²) in [6, 6.07) is 2.72. The molecule has 1 rings (SSSR count). The van der Waals surface area contributed by atoms with Crippen molar-refractivity contribution in [3.8, 4) is 11.5 Å². The van der Waals surface area contributed by atoms with Crippen LogP contribution in [-0.2, 0) is 0 Å². The van der Waals surface area contributed by atoms with Crippen LogP contribution in [0.2, 0.25) is 0 Å². The number of carbonyl (C=O) groups is 1. The van der Waals surface area contributed by atoms with Crippen molar-refractivity contribution in [1.29, 1.82) is 0 Å². The van der Waals surface area contributed by atoms with Crippen LogP contribution in [0, 0.1) is 0 Å². The second-order valence-electron chi connectivity index (χ2n) is 2.93. The maximum Gasteiger partial charge on any atom is 0.573 e. The lowest BCUT2D eigenvalue weighted by atomic mass is 10.2. The van der Waals surface area contributed by atoms with Crippen molar-refractivity contribution in [1.82, 2.24) is 0 Å². The molecule has 1 aromatic rings. The van der Waals surface area contributed by atoms with E-state index < -0.39 is 18.1 Å². The van der Waals surface area contributed by atoms with Gasteiger partial charge in [0.05, 0.1) is 12.6 Å². The van der Waals surface area contributed by atoms with E-state index in [1.54, 1.807) is 6.92 Å². The van der Waals surface area contributed by atoms with E-state index in [1.807, 2.05) is 0 Å². The van der Waals surface area contributed by atoms with E-state index >= 15 is 0 Å². The van der Waals surface area contributed by atoms with E-state index in [-0.39, 0.29) is 17.9 Å². The number of hydrogen-bond acceptors (Lipinski definition) is 4. The van der Waals surface area contributed by atoms with Crippen LogP contribution in [0.3, 0.4) is 0 Å². The summed E-state index contributed by atoms with van der Waals surface area (Å²) in [5.41, 5.74) is -0.289. The van der Waals surface area contributed by atoms with Crippen LogP contribution < -0.4 is 14.6 Å². The fourth-order valence-corrected chi connectivity index (χ4v) is 1.11. The van der Waals surface area contributed by atoms with Gasteiger partial charge < -0.3 is 19.4 Å². The minimum Gasteiger partial charge on any atom is -0.545 e. The first-order valence-electron chi connectivity index (χ1n) is 4.57. The number of carboxylic acids is 1. The summed E-state index contributed by atoms with van der Waals surface area (Å²) < 4.78 is 44.6. The van der Waals surface area contributed by atoms with Crippen LogP contribution in [0.5, 0.6) is 11.5 Å². The van der Waals surface area contributed by atoms with Gasteiger partial charge in [-0.05, 0) is 25.1 Å². The van der Waals surface area contributed by atoms with Crippen molar-refractivity contribution in [3.63, 3.8) is 0 Å². The van der Waals surface area contributed by atoms with Gasteiger partial charge in [-0.25, -0.2) is 0 Å². The quantitative estimate of drug-likeness (QED) is 0.808. The van der Waals surface area contributed by atoms with Crippen molar-refractivity contribution in [2.24, 2.45) is 0 Å². The summed E-state index contributed by atoms with van der Waals surface area (Å²) in [4.78, 5) is 10.5. The Morgan fingerprint density at radius 3 is 2.47 bits per heavy atom. The molecule has 0 atom stereocenters. The van der Waals surface area contributed by atoms with Gasteiger partial charge >= 0.3 is 6.36 Å². The Morgan fingerprint density at radius 1 is 1.35 bits per heavy atom. The molecule has 0 bridgehead atoms. The summed E-state index contributed by atoms with van der Waals surface area (Å²) >= 11 is 0. The number of carboxylic acid groups (broad SMARTS) is 1. The molecule has 0 heterocycles. The van der Waals surface area contributed by atoms with Gasteiger partial charge in [-0.3, -0.25) is 0 Å². The highest BCUT2D eigenvalue weighted by Crippen LogP contribution is 2.32. The highest BCUT2D eigenvalue weighted by atomic mass is 19.4. The van der Waals surface area contributed by atoms with Crippen LogP contribution >= 0.6 is 0 Å². The predicted molar refractivity (Wildman–Crippen MR) is 48.6 cm³/mol. The number of benzene rings is 1. The first kappa shape index (κ1) is 13.1. The third-order valence-corrected chi connectivity index (χ3v) is 1.70. The van der Waals surface area contributed by atoms with Gasteiger partial charge in [-0.1, -0.05) is 0 Å². The van der Waals surface area contributed by atoms with Gasteiger partial charge in [-0.15, -0.1) is 13.2 Å². The van der Waals surface area contributed by atoms with Crippen LogP contribution in [0.25, 0.3) is 0 Å². The smallest absolute Gasteiger partial charge is 0.545 e. The lowest BCUT2D eigenvalue weighted by Gasteiger charge is -2.14. The van der Waals surface area contributed by atoms with Gasteiger partial charge in [-0.2, -0.15) is 0 Å². The van der Waals surface area contributed by atoms with Crippen molar-refractivity contribution in [3.05, 3.63) is 23.8 Å². The number of halogens is 3. The number of aromatic carboxylic acids is 1. The topological polar surface area (TPSA) is 58.6 Å². The molecule has 0 radical (unpaired) electrons. The zero-order valence-electron chi connectivity index (χ0n) is 8.71. The van der Waals surface area contributed by atoms with E-state index in [4.69, 9.17) is 4.74 Å². The van der Waals surface area contributed by atoms with Crippen LogP contribution in [0.1, 0.15) is 17.3 Å². The summed E-state index contributed by atoms with van der Waals surface area (Å²) in [5.74, 6) is -2.40. The predicted octanol–water partition coefficient (Wildman–Crippen LogP) is 1.35. The standard InChI is InChI=1S/C10H9F3O4/c1-2-16-8-5-6(9(14)15)3-4-7(8)17-10(11,12)13/h3-5H,2H2,1H3,(H,14,15)/p-1. The summed E-state index contributed by atoms with van der Waals surface area (Å²) in [5, 5.41) is 10.5. The lowest BCUT2D eigenvalue weighted by molar-refractivity contribution is -0.275. The molecule has 0 aromatic heterocycles. The molecule has 0 saturated carbocycles. The van der Waals surface area contributed by atoms with Gasteiger partial charge in [0.25, 0.3) is 0 Å². The zero-order valence-corrected chi connectivity index (χ0v) is 8.71. The molecular weight excluding hydrogens is 241 g/mol. The molecule has 1 aromatic carbocycles. The molecule has 0 saturated heterocycles. The van der Waals surface area contributed by atoms with Crippen LogP contribution in [0.15, 0.2) is 18.2 Å². The molecule has 0 fully saturated rings. The van der Waals surface area contributed by atoms with Gasteiger partial charge in [0, 0.05) is 5.56 Å². The molecule has 94 valence electrons. The van der Waals surface area contributed by atoms with E-state index in [9.17, 15) is 23.1 Å². The average Bonchev–Trinajstić information content (AvgIpc) is 2.18. The van der Waals surface area contributed by atoms with E-state index in [0.29, 0.717) is 0 Å². The Bertz CT molecular complexity index is 415. The van der Waals surface area contributed by atoms with Gasteiger partial charge in [0.2, 0.25) is 0 Å². The Balaban J connectivity index is 3.08. The first-order valence-corrected chi connectivity index (χ1v) is 4.57. The third kappa shape index (κ3) is 3.86.